The summed E-state index contributed by atoms with van der Waals surface area (Å²) in [5.74, 6) is 0.581. The first kappa shape index (κ1) is 31.1. The molecule has 0 bridgehead atoms. The van der Waals surface area contributed by atoms with Crippen LogP contribution in [0.2, 0.25) is 0 Å². The molecular formula is C51H32N2O2. The third kappa shape index (κ3) is 5.11. The average molecular weight is 705 g/mol. The Kier molecular flexibility index (Phi) is 7.14. The number of aromatic nitrogens is 1. The van der Waals surface area contributed by atoms with E-state index in [2.05, 4.69) is 150 Å². The lowest BCUT2D eigenvalue weighted by molar-refractivity contribution is 0.617. The smallest absolute Gasteiger partial charge is 0.227 e. The fraction of sp³-hybridized carbons (Fsp3) is 0. The normalized spacial score (nSPS) is 11.6. The maximum atomic E-state index is 6.45. The van der Waals surface area contributed by atoms with E-state index in [-0.39, 0.29) is 0 Å². The van der Waals surface area contributed by atoms with Gasteiger partial charge in [0.15, 0.2) is 5.58 Å². The second kappa shape index (κ2) is 12.6. The van der Waals surface area contributed by atoms with Crippen molar-refractivity contribution >= 4 is 71.6 Å². The topological polar surface area (TPSA) is 42.4 Å². The first-order chi connectivity index (χ1) is 27.3. The molecule has 0 aliphatic carbocycles. The van der Waals surface area contributed by atoms with E-state index in [1.165, 1.54) is 21.5 Å². The maximum Gasteiger partial charge on any atom is 0.227 e. The van der Waals surface area contributed by atoms with Crippen molar-refractivity contribution in [1.82, 2.24) is 4.98 Å². The molecule has 0 fully saturated rings. The summed E-state index contributed by atoms with van der Waals surface area (Å²) >= 11 is 0. The van der Waals surface area contributed by atoms with Crippen LogP contribution in [-0.4, -0.2) is 4.98 Å². The Balaban J connectivity index is 1.16. The second-order valence-electron chi connectivity index (χ2n) is 13.9. The lowest BCUT2D eigenvalue weighted by Crippen LogP contribution is -2.12. The van der Waals surface area contributed by atoms with Crippen LogP contribution in [0.3, 0.4) is 0 Å². The highest BCUT2D eigenvalue weighted by molar-refractivity contribution is 6.19. The number of anilines is 3. The number of benzene rings is 9. The highest BCUT2D eigenvalue weighted by Gasteiger charge is 2.23. The van der Waals surface area contributed by atoms with E-state index in [4.69, 9.17) is 13.8 Å². The summed E-state index contributed by atoms with van der Waals surface area (Å²) < 4.78 is 12.9. The van der Waals surface area contributed by atoms with Crippen LogP contribution in [-0.2, 0) is 0 Å². The SMILES string of the molecule is c1ccc(-c2nc3c(-c4ccc(N(c5ccccc5-c5ccccc5)c5cc6ccccc6c6ccccc56)cc4)c4c(cc3o2)oc2ccccc24)cc1. The first-order valence-electron chi connectivity index (χ1n) is 18.5. The second-order valence-corrected chi connectivity index (χ2v) is 13.9. The van der Waals surface area contributed by atoms with Crippen LogP contribution in [0.15, 0.2) is 203 Å². The molecule has 0 spiro atoms. The summed E-state index contributed by atoms with van der Waals surface area (Å²) in [6, 6.07) is 68.2. The van der Waals surface area contributed by atoms with Crippen molar-refractivity contribution in [3.8, 4) is 33.7 Å². The fourth-order valence-electron chi connectivity index (χ4n) is 8.19. The molecule has 0 aliphatic heterocycles. The van der Waals surface area contributed by atoms with Gasteiger partial charge in [-0.15, -0.1) is 0 Å². The zero-order valence-corrected chi connectivity index (χ0v) is 29.7. The largest absolute Gasteiger partial charge is 0.456 e. The molecule has 0 aliphatic rings. The van der Waals surface area contributed by atoms with E-state index in [0.717, 1.165) is 72.3 Å². The molecule has 0 saturated carbocycles. The monoisotopic (exact) mass is 704 g/mol. The van der Waals surface area contributed by atoms with Gasteiger partial charge < -0.3 is 13.7 Å². The molecule has 0 N–H and O–H groups in total. The third-order valence-corrected chi connectivity index (χ3v) is 10.7. The molecule has 55 heavy (non-hydrogen) atoms. The minimum atomic E-state index is 0.581. The van der Waals surface area contributed by atoms with Gasteiger partial charge in [-0.3, -0.25) is 0 Å². The summed E-state index contributed by atoms with van der Waals surface area (Å²) in [5.41, 5.74) is 11.6. The van der Waals surface area contributed by atoms with Gasteiger partial charge in [0.05, 0.1) is 11.4 Å². The number of hydrogen-bond donors (Lipinski definition) is 0. The Morgan fingerprint density at radius 1 is 0.400 bits per heavy atom. The Hall–Kier alpha value is -7.43. The molecule has 4 nitrogen and oxygen atoms in total. The number of rotatable bonds is 6. The molecule has 258 valence electrons. The van der Waals surface area contributed by atoms with Crippen molar-refractivity contribution < 1.29 is 8.83 Å². The Bertz CT molecular complexity index is 3200. The van der Waals surface area contributed by atoms with E-state index in [0.29, 0.717) is 11.5 Å². The van der Waals surface area contributed by atoms with Gasteiger partial charge >= 0.3 is 0 Å². The molecular weight excluding hydrogens is 673 g/mol. The summed E-state index contributed by atoms with van der Waals surface area (Å²) in [4.78, 5) is 7.55. The number of hydrogen-bond acceptors (Lipinski definition) is 4. The van der Waals surface area contributed by atoms with Crippen molar-refractivity contribution in [1.29, 1.82) is 0 Å². The Morgan fingerprint density at radius 2 is 1.04 bits per heavy atom. The van der Waals surface area contributed by atoms with Crippen LogP contribution >= 0.6 is 0 Å². The van der Waals surface area contributed by atoms with Gasteiger partial charge in [-0.2, -0.15) is 0 Å². The zero-order valence-electron chi connectivity index (χ0n) is 29.7. The van der Waals surface area contributed by atoms with E-state index >= 15 is 0 Å². The fourth-order valence-corrected chi connectivity index (χ4v) is 8.19. The molecule has 2 heterocycles. The number of nitrogens with zero attached hydrogens (tertiary/aromatic N) is 2. The molecule has 9 aromatic carbocycles. The van der Waals surface area contributed by atoms with Crippen LogP contribution in [0, 0.1) is 0 Å². The van der Waals surface area contributed by atoms with Gasteiger partial charge in [-0.25, -0.2) is 4.98 Å². The lowest BCUT2D eigenvalue weighted by Gasteiger charge is -2.29. The molecule has 11 aromatic rings. The molecule has 0 unspecified atom stereocenters. The van der Waals surface area contributed by atoms with Crippen LogP contribution < -0.4 is 4.90 Å². The minimum absolute atomic E-state index is 0.581. The van der Waals surface area contributed by atoms with E-state index in [9.17, 15) is 0 Å². The van der Waals surface area contributed by atoms with Crippen LogP contribution in [0.1, 0.15) is 0 Å². The number of furan rings is 1. The van der Waals surface area contributed by atoms with Gasteiger partial charge in [0.1, 0.15) is 16.7 Å². The average Bonchev–Trinajstić information content (AvgIpc) is 3.85. The third-order valence-electron chi connectivity index (χ3n) is 10.7. The lowest BCUT2D eigenvalue weighted by atomic mass is 9.96. The molecule has 0 amide bonds. The number of para-hydroxylation sites is 2. The van der Waals surface area contributed by atoms with Gasteiger partial charge in [0.2, 0.25) is 5.89 Å². The Labute approximate surface area is 317 Å². The Morgan fingerprint density at radius 3 is 1.84 bits per heavy atom. The van der Waals surface area contributed by atoms with Gasteiger partial charge in [-0.05, 0) is 69.8 Å². The summed E-state index contributed by atoms with van der Waals surface area (Å²) in [7, 11) is 0. The van der Waals surface area contributed by atoms with Crippen LogP contribution in [0.5, 0.6) is 0 Å². The van der Waals surface area contributed by atoms with Gasteiger partial charge in [-0.1, -0.05) is 146 Å². The predicted octanol–water partition coefficient (Wildman–Crippen LogP) is 14.5. The number of fused-ring (bicyclic) bond motifs is 7. The van der Waals surface area contributed by atoms with Crippen molar-refractivity contribution in [3.05, 3.63) is 194 Å². The van der Waals surface area contributed by atoms with Crippen molar-refractivity contribution in [2.45, 2.75) is 0 Å². The molecule has 0 saturated heterocycles. The van der Waals surface area contributed by atoms with Gasteiger partial charge in [0, 0.05) is 44.6 Å². The number of oxazole rings is 1. The van der Waals surface area contributed by atoms with Crippen molar-refractivity contribution in [3.63, 3.8) is 0 Å². The van der Waals surface area contributed by atoms with E-state index in [1.54, 1.807) is 0 Å². The summed E-state index contributed by atoms with van der Waals surface area (Å²) in [6.45, 7) is 0. The molecule has 0 atom stereocenters. The highest BCUT2D eigenvalue weighted by Crippen LogP contribution is 2.47. The van der Waals surface area contributed by atoms with E-state index < -0.39 is 0 Å². The van der Waals surface area contributed by atoms with Crippen molar-refractivity contribution in [2.24, 2.45) is 0 Å². The predicted molar refractivity (Wildman–Crippen MR) is 227 cm³/mol. The highest BCUT2D eigenvalue weighted by atomic mass is 16.4. The molecule has 2 aromatic heterocycles. The molecule has 4 heteroatoms. The zero-order chi connectivity index (χ0) is 36.3. The quantitative estimate of drug-likeness (QED) is 0.162. The van der Waals surface area contributed by atoms with Gasteiger partial charge in [0.25, 0.3) is 0 Å². The van der Waals surface area contributed by atoms with Crippen molar-refractivity contribution in [2.75, 3.05) is 4.90 Å². The minimum Gasteiger partial charge on any atom is -0.456 e. The summed E-state index contributed by atoms with van der Waals surface area (Å²) in [6.07, 6.45) is 0. The standard InChI is InChI=1S/C51H32N2O2/c1-3-15-33(16-4-1)39-21-11-13-25-43(39)53(44-31-36-19-7-8-20-38(36)40-22-9-10-23-41(40)44)37-29-27-34(28-30-37)48-49-42-24-12-14-26-45(42)54-46(49)32-47-50(48)52-51(55-47)35-17-5-2-6-18-35/h1-32H. The molecule has 0 radical (unpaired) electrons. The van der Waals surface area contributed by atoms with Crippen LogP contribution in [0.25, 0.3) is 88.3 Å². The van der Waals surface area contributed by atoms with E-state index in [1.807, 2.05) is 48.5 Å². The van der Waals surface area contributed by atoms with Crippen LogP contribution in [0.4, 0.5) is 17.1 Å². The summed E-state index contributed by atoms with van der Waals surface area (Å²) in [5, 5.41) is 6.90. The first-order valence-corrected chi connectivity index (χ1v) is 18.5. The maximum absolute atomic E-state index is 6.45. The molecule has 11 rings (SSSR count).